The van der Waals surface area contributed by atoms with Crippen LogP contribution in [-0.2, 0) is 9.47 Å². The van der Waals surface area contributed by atoms with Gasteiger partial charge in [0.05, 0.1) is 18.8 Å². The molecule has 0 fully saturated rings. The summed E-state index contributed by atoms with van der Waals surface area (Å²) in [7, 11) is 0. The second-order valence-electron chi connectivity index (χ2n) is 6.14. The predicted molar refractivity (Wildman–Crippen MR) is 81.4 cm³/mol. The summed E-state index contributed by atoms with van der Waals surface area (Å²) in [5.41, 5.74) is 2.84. The number of hydrogen-bond acceptors (Lipinski definition) is 3. The number of rotatable bonds is 6. The molecule has 112 valence electrons. The van der Waals surface area contributed by atoms with Crippen LogP contribution in [0.4, 0.5) is 0 Å². The lowest BCUT2D eigenvalue weighted by atomic mass is 10.0. The summed E-state index contributed by atoms with van der Waals surface area (Å²) < 4.78 is 11.1. The SMILES string of the molecule is Cc1ccc(C(=O)C(C)OCCOC(C)(C)C)cc1C. The fourth-order valence-corrected chi connectivity index (χ4v) is 1.78. The molecule has 3 heteroatoms. The summed E-state index contributed by atoms with van der Waals surface area (Å²) in [4.78, 5) is 12.2. The number of carbonyl (C=O) groups excluding carboxylic acids is 1. The van der Waals surface area contributed by atoms with Crippen LogP contribution in [0.15, 0.2) is 18.2 Å². The van der Waals surface area contributed by atoms with Crippen molar-refractivity contribution in [3.05, 3.63) is 34.9 Å². The first-order valence-electron chi connectivity index (χ1n) is 7.08. The van der Waals surface area contributed by atoms with Crippen LogP contribution in [0.5, 0.6) is 0 Å². The van der Waals surface area contributed by atoms with Crippen molar-refractivity contribution in [3.63, 3.8) is 0 Å². The van der Waals surface area contributed by atoms with E-state index in [1.807, 2.05) is 52.8 Å². The molecule has 1 rings (SSSR count). The van der Waals surface area contributed by atoms with E-state index in [-0.39, 0.29) is 11.4 Å². The average Bonchev–Trinajstić information content (AvgIpc) is 2.35. The average molecular weight is 278 g/mol. The maximum atomic E-state index is 12.2. The van der Waals surface area contributed by atoms with Crippen molar-refractivity contribution in [2.45, 2.75) is 53.2 Å². The van der Waals surface area contributed by atoms with Crippen molar-refractivity contribution in [3.8, 4) is 0 Å². The summed E-state index contributed by atoms with van der Waals surface area (Å²) in [6.45, 7) is 12.7. The van der Waals surface area contributed by atoms with Gasteiger partial charge in [0.2, 0.25) is 0 Å². The first-order chi connectivity index (χ1) is 9.20. The normalized spacial score (nSPS) is 13.3. The van der Waals surface area contributed by atoms with E-state index in [2.05, 4.69) is 0 Å². The molecule has 1 unspecified atom stereocenters. The smallest absolute Gasteiger partial charge is 0.191 e. The largest absolute Gasteiger partial charge is 0.373 e. The highest BCUT2D eigenvalue weighted by atomic mass is 16.5. The Labute approximate surface area is 122 Å². The maximum absolute atomic E-state index is 12.2. The number of carbonyl (C=O) groups is 1. The van der Waals surface area contributed by atoms with Crippen LogP contribution in [0.2, 0.25) is 0 Å². The van der Waals surface area contributed by atoms with E-state index >= 15 is 0 Å². The lowest BCUT2D eigenvalue weighted by Crippen LogP contribution is -2.26. The molecule has 0 bridgehead atoms. The highest BCUT2D eigenvalue weighted by Gasteiger charge is 2.17. The maximum Gasteiger partial charge on any atom is 0.191 e. The molecule has 0 aromatic heterocycles. The third kappa shape index (κ3) is 5.43. The molecular formula is C17H26O3. The van der Waals surface area contributed by atoms with E-state index < -0.39 is 6.10 Å². The fraction of sp³-hybridized carbons (Fsp3) is 0.588. The van der Waals surface area contributed by atoms with Crippen molar-refractivity contribution in [2.75, 3.05) is 13.2 Å². The van der Waals surface area contributed by atoms with Gasteiger partial charge < -0.3 is 9.47 Å². The fourth-order valence-electron chi connectivity index (χ4n) is 1.78. The van der Waals surface area contributed by atoms with Crippen LogP contribution in [-0.4, -0.2) is 30.7 Å². The molecule has 0 aliphatic rings. The van der Waals surface area contributed by atoms with E-state index in [4.69, 9.17) is 9.47 Å². The zero-order valence-corrected chi connectivity index (χ0v) is 13.4. The minimum absolute atomic E-state index is 0.0175. The molecule has 0 saturated heterocycles. The second kappa shape index (κ2) is 7.00. The summed E-state index contributed by atoms with van der Waals surface area (Å²) >= 11 is 0. The van der Waals surface area contributed by atoms with Crippen LogP contribution in [0.1, 0.15) is 49.2 Å². The first kappa shape index (κ1) is 16.9. The van der Waals surface area contributed by atoms with Gasteiger partial charge in [0.1, 0.15) is 6.10 Å². The Morgan fingerprint density at radius 2 is 1.80 bits per heavy atom. The summed E-state index contributed by atoms with van der Waals surface area (Å²) in [5.74, 6) is 0.0175. The van der Waals surface area contributed by atoms with Gasteiger partial charge in [0.15, 0.2) is 5.78 Å². The molecule has 20 heavy (non-hydrogen) atoms. The third-order valence-corrected chi connectivity index (χ3v) is 3.15. The summed E-state index contributed by atoms with van der Waals surface area (Å²) in [6.07, 6.45) is -0.444. The van der Waals surface area contributed by atoms with Crippen LogP contribution in [0.25, 0.3) is 0 Å². The van der Waals surface area contributed by atoms with Crippen molar-refractivity contribution >= 4 is 5.78 Å². The molecule has 0 N–H and O–H groups in total. The number of Topliss-reactive ketones (excluding diaryl/α,β-unsaturated/α-hetero) is 1. The Morgan fingerprint density at radius 1 is 1.15 bits per heavy atom. The molecule has 0 aliphatic heterocycles. The highest BCUT2D eigenvalue weighted by molar-refractivity contribution is 5.99. The molecule has 1 atom stereocenters. The molecule has 0 aliphatic carbocycles. The van der Waals surface area contributed by atoms with Crippen molar-refractivity contribution in [1.82, 2.24) is 0 Å². The Kier molecular flexibility index (Phi) is 5.90. The lowest BCUT2D eigenvalue weighted by Gasteiger charge is -2.20. The van der Waals surface area contributed by atoms with Gasteiger partial charge in [0, 0.05) is 5.56 Å². The summed E-state index contributed by atoms with van der Waals surface area (Å²) in [5, 5.41) is 0. The molecule has 1 aromatic carbocycles. The van der Waals surface area contributed by atoms with E-state index in [0.29, 0.717) is 18.8 Å². The van der Waals surface area contributed by atoms with E-state index in [1.54, 1.807) is 6.92 Å². The molecule has 1 aromatic rings. The van der Waals surface area contributed by atoms with Gasteiger partial charge in [-0.1, -0.05) is 12.1 Å². The molecular weight excluding hydrogens is 252 g/mol. The lowest BCUT2D eigenvalue weighted by molar-refractivity contribution is -0.0436. The zero-order valence-electron chi connectivity index (χ0n) is 13.4. The quantitative estimate of drug-likeness (QED) is 0.588. The molecule has 0 amide bonds. The Morgan fingerprint density at radius 3 is 2.35 bits per heavy atom. The van der Waals surface area contributed by atoms with E-state index in [1.165, 1.54) is 5.56 Å². The van der Waals surface area contributed by atoms with Gasteiger partial charge in [-0.05, 0) is 58.7 Å². The Hall–Kier alpha value is -1.19. The van der Waals surface area contributed by atoms with Gasteiger partial charge in [-0.15, -0.1) is 0 Å². The molecule has 3 nitrogen and oxygen atoms in total. The first-order valence-corrected chi connectivity index (χ1v) is 7.08. The number of benzene rings is 1. The molecule has 0 radical (unpaired) electrons. The molecule has 0 spiro atoms. The van der Waals surface area contributed by atoms with Gasteiger partial charge in [-0.2, -0.15) is 0 Å². The van der Waals surface area contributed by atoms with Crippen molar-refractivity contribution in [2.24, 2.45) is 0 Å². The van der Waals surface area contributed by atoms with Gasteiger partial charge in [-0.3, -0.25) is 4.79 Å². The summed E-state index contributed by atoms with van der Waals surface area (Å²) in [6, 6.07) is 5.75. The topological polar surface area (TPSA) is 35.5 Å². The standard InChI is InChI=1S/C17H26O3/c1-12-7-8-15(11-13(12)2)16(18)14(3)19-9-10-20-17(4,5)6/h7-8,11,14H,9-10H2,1-6H3. The van der Waals surface area contributed by atoms with Crippen LogP contribution < -0.4 is 0 Å². The highest BCUT2D eigenvalue weighted by Crippen LogP contribution is 2.13. The Bertz CT molecular complexity index is 458. The van der Waals surface area contributed by atoms with E-state index in [0.717, 1.165) is 5.56 Å². The van der Waals surface area contributed by atoms with Crippen molar-refractivity contribution in [1.29, 1.82) is 0 Å². The number of ether oxygens (including phenoxy) is 2. The number of hydrogen-bond donors (Lipinski definition) is 0. The molecule has 0 heterocycles. The Balaban J connectivity index is 2.48. The minimum atomic E-state index is -0.444. The van der Waals surface area contributed by atoms with Crippen LogP contribution >= 0.6 is 0 Å². The number of ketones is 1. The van der Waals surface area contributed by atoms with Gasteiger partial charge in [0.25, 0.3) is 0 Å². The van der Waals surface area contributed by atoms with Crippen molar-refractivity contribution < 1.29 is 14.3 Å². The third-order valence-electron chi connectivity index (χ3n) is 3.15. The van der Waals surface area contributed by atoms with Crippen LogP contribution in [0.3, 0.4) is 0 Å². The van der Waals surface area contributed by atoms with Gasteiger partial charge in [-0.25, -0.2) is 0 Å². The number of aryl methyl sites for hydroxylation is 2. The van der Waals surface area contributed by atoms with Gasteiger partial charge >= 0.3 is 0 Å². The second-order valence-corrected chi connectivity index (χ2v) is 6.14. The van der Waals surface area contributed by atoms with E-state index in [9.17, 15) is 4.79 Å². The predicted octanol–water partition coefficient (Wildman–Crippen LogP) is 3.71. The minimum Gasteiger partial charge on any atom is -0.373 e. The zero-order chi connectivity index (χ0) is 15.3. The molecule has 0 saturated carbocycles. The monoisotopic (exact) mass is 278 g/mol. The van der Waals surface area contributed by atoms with Crippen LogP contribution in [0, 0.1) is 13.8 Å².